The number of hydrogen-bond donors (Lipinski definition) is 0. The van der Waals surface area contributed by atoms with E-state index in [2.05, 4.69) is 5.16 Å². The molecule has 2 aliphatic rings. The Morgan fingerprint density at radius 2 is 1.86 bits per heavy atom. The summed E-state index contributed by atoms with van der Waals surface area (Å²) in [6, 6.07) is 18.4. The molecule has 28 heavy (non-hydrogen) atoms. The molecule has 1 amide bonds. The van der Waals surface area contributed by atoms with Crippen LogP contribution in [0.2, 0.25) is 0 Å². The molecule has 1 spiro atoms. The van der Waals surface area contributed by atoms with Crippen LogP contribution in [0.25, 0.3) is 11.3 Å². The third kappa shape index (κ3) is 2.78. The molecule has 0 N–H and O–H groups in total. The molecule has 0 bridgehead atoms. The monoisotopic (exact) mass is 374 g/mol. The second-order valence-electron chi connectivity index (χ2n) is 7.30. The van der Waals surface area contributed by atoms with Crippen LogP contribution >= 0.6 is 0 Å². The average Bonchev–Trinajstić information content (AvgIpc) is 3.36. The molecule has 0 saturated carbocycles. The molecule has 3 aromatic rings. The fourth-order valence-electron chi connectivity index (χ4n) is 3.97. The predicted octanol–water partition coefficient (Wildman–Crippen LogP) is 3.59. The number of nitrogens with zero attached hydrogens (tertiary/aromatic N) is 2. The maximum absolute atomic E-state index is 12.9. The van der Waals surface area contributed by atoms with E-state index in [0.717, 1.165) is 5.56 Å². The van der Waals surface area contributed by atoms with E-state index in [-0.39, 0.29) is 23.8 Å². The van der Waals surface area contributed by atoms with E-state index < -0.39 is 5.60 Å². The van der Waals surface area contributed by atoms with Crippen molar-refractivity contribution in [3.05, 3.63) is 71.9 Å². The highest BCUT2D eigenvalue weighted by molar-refractivity contribution is 6.00. The van der Waals surface area contributed by atoms with Crippen LogP contribution in [0.15, 0.2) is 65.2 Å². The Kier molecular flexibility index (Phi) is 3.79. The highest BCUT2D eigenvalue weighted by Crippen LogP contribution is 2.39. The Labute approximate surface area is 161 Å². The van der Waals surface area contributed by atoms with Crippen molar-refractivity contribution in [3.63, 3.8) is 0 Å². The molecule has 1 aromatic heterocycles. The number of hydrogen-bond acceptors (Lipinski definition) is 5. The van der Waals surface area contributed by atoms with Crippen molar-refractivity contribution in [1.82, 2.24) is 10.1 Å². The number of likely N-dealkylation sites (tertiary alicyclic amines) is 1. The van der Waals surface area contributed by atoms with Crippen molar-refractivity contribution < 1.29 is 18.8 Å². The number of para-hydroxylation sites is 1. The Bertz CT molecular complexity index is 1060. The second-order valence-corrected chi connectivity index (χ2v) is 7.30. The predicted molar refractivity (Wildman–Crippen MR) is 101 cm³/mol. The van der Waals surface area contributed by atoms with Gasteiger partial charge in [0.15, 0.2) is 17.2 Å². The van der Waals surface area contributed by atoms with Crippen LogP contribution in [-0.2, 0) is 0 Å². The maximum atomic E-state index is 12.9. The summed E-state index contributed by atoms with van der Waals surface area (Å²) in [6.45, 7) is 0.876. The van der Waals surface area contributed by atoms with Crippen LogP contribution in [0.5, 0.6) is 5.75 Å². The van der Waals surface area contributed by atoms with E-state index in [0.29, 0.717) is 36.6 Å². The van der Waals surface area contributed by atoms with Crippen molar-refractivity contribution in [3.8, 4) is 17.1 Å². The quantitative estimate of drug-likeness (QED) is 0.685. The van der Waals surface area contributed by atoms with Crippen LogP contribution in [0, 0.1) is 0 Å². The number of fused-ring (bicyclic) bond motifs is 1. The Morgan fingerprint density at radius 3 is 2.71 bits per heavy atom. The zero-order valence-electron chi connectivity index (χ0n) is 15.1. The van der Waals surface area contributed by atoms with Gasteiger partial charge in [-0.05, 0) is 12.1 Å². The first kappa shape index (κ1) is 16.7. The third-order valence-corrected chi connectivity index (χ3v) is 5.39. The van der Waals surface area contributed by atoms with Crippen molar-refractivity contribution >= 4 is 11.7 Å². The molecule has 5 rings (SSSR count). The number of carbonyl (C=O) groups is 2. The fraction of sp³-hybridized carbons (Fsp3) is 0.227. The topological polar surface area (TPSA) is 72.6 Å². The molecule has 6 heteroatoms. The van der Waals surface area contributed by atoms with Gasteiger partial charge in [-0.25, -0.2) is 0 Å². The van der Waals surface area contributed by atoms with Crippen molar-refractivity contribution in [2.45, 2.75) is 18.4 Å². The lowest BCUT2D eigenvalue weighted by Crippen LogP contribution is -2.45. The van der Waals surface area contributed by atoms with E-state index in [1.165, 1.54) is 0 Å². The van der Waals surface area contributed by atoms with E-state index in [9.17, 15) is 9.59 Å². The van der Waals surface area contributed by atoms with Crippen molar-refractivity contribution in [1.29, 1.82) is 0 Å². The first-order chi connectivity index (χ1) is 13.6. The molecule has 6 nitrogen and oxygen atoms in total. The number of Topliss-reactive ketones (excluding diaryl/α,β-unsaturated/α-hetero) is 1. The molecule has 3 heterocycles. The van der Waals surface area contributed by atoms with Crippen LogP contribution in [0.4, 0.5) is 0 Å². The van der Waals surface area contributed by atoms with E-state index >= 15 is 0 Å². The highest BCUT2D eigenvalue weighted by Gasteiger charge is 2.47. The van der Waals surface area contributed by atoms with Gasteiger partial charge in [0, 0.05) is 24.6 Å². The van der Waals surface area contributed by atoms with Gasteiger partial charge in [0.2, 0.25) is 0 Å². The number of carbonyl (C=O) groups excluding carboxylic acids is 2. The molecule has 140 valence electrons. The summed E-state index contributed by atoms with van der Waals surface area (Å²) in [5.74, 6) is 0.999. The first-order valence-corrected chi connectivity index (χ1v) is 9.26. The van der Waals surface area contributed by atoms with E-state index in [4.69, 9.17) is 9.26 Å². The summed E-state index contributed by atoms with van der Waals surface area (Å²) in [5, 5.41) is 3.95. The van der Waals surface area contributed by atoms with Gasteiger partial charge >= 0.3 is 0 Å². The number of rotatable bonds is 2. The van der Waals surface area contributed by atoms with E-state index in [1.54, 1.807) is 17.0 Å². The standard InChI is InChI=1S/C22H18N2O4/c25-18-13-22(27-19-9-5-4-8-16(18)19)10-11-24(14-22)21(26)17-12-20(28-23-17)15-6-2-1-3-7-15/h1-9,12H,10-11,13-14H2/t22-/m0/s1. The SMILES string of the molecule is O=C1C[C@]2(CCN(C(=O)c3cc(-c4ccccc4)on3)C2)Oc2ccccc21. The molecule has 1 fully saturated rings. The van der Waals surface area contributed by atoms with Gasteiger partial charge in [0.1, 0.15) is 11.4 Å². The zero-order chi connectivity index (χ0) is 19.1. The Balaban J connectivity index is 1.35. The number of amides is 1. The first-order valence-electron chi connectivity index (χ1n) is 9.26. The molecule has 1 saturated heterocycles. The van der Waals surface area contributed by atoms with Crippen LogP contribution in [0.3, 0.4) is 0 Å². The smallest absolute Gasteiger partial charge is 0.276 e. The van der Waals surface area contributed by atoms with E-state index in [1.807, 2.05) is 48.5 Å². The van der Waals surface area contributed by atoms with Crippen LogP contribution in [-0.4, -0.2) is 40.4 Å². The van der Waals surface area contributed by atoms with Gasteiger partial charge in [-0.2, -0.15) is 0 Å². The van der Waals surface area contributed by atoms with Crippen LogP contribution in [0.1, 0.15) is 33.7 Å². The minimum atomic E-state index is -0.660. The van der Waals surface area contributed by atoms with Crippen molar-refractivity contribution in [2.75, 3.05) is 13.1 Å². The molecule has 2 aliphatic heterocycles. The second kappa shape index (κ2) is 6.34. The summed E-state index contributed by atoms with van der Waals surface area (Å²) in [4.78, 5) is 27.1. The van der Waals surface area contributed by atoms with Gasteiger partial charge in [0.05, 0.1) is 18.5 Å². The zero-order valence-corrected chi connectivity index (χ0v) is 15.1. The summed E-state index contributed by atoms with van der Waals surface area (Å²) in [5.41, 5.74) is 1.08. The van der Waals surface area contributed by atoms with Crippen LogP contribution < -0.4 is 4.74 Å². The number of benzene rings is 2. The number of aromatic nitrogens is 1. The lowest BCUT2D eigenvalue weighted by Gasteiger charge is -2.34. The normalized spacial score (nSPS) is 20.9. The molecular formula is C22H18N2O4. The summed E-state index contributed by atoms with van der Waals surface area (Å²) in [7, 11) is 0. The van der Waals surface area contributed by atoms with Crippen molar-refractivity contribution in [2.24, 2.45) is 0 Å². The Hall–Kier alpha value is -3.41. The molecular weight excluding hydrogens is 356 g/mol. The minimum absolute atomic E-state index is 0.0592. The lowest BCUT2D eigenvalue weighted by atomic mass is 9.89. The fourth-order valence-corrected chi connectivity index (χ4v) is 3.97. The maximum Gasteiger partial charge on any atom is 0.276 e. The Morgan fingerprint density at radius 1 is 1.07 bits per heavy atom. The van der Waals surface area contributed by atoms with Gasteiger partial charge in [-0.15, -0.1) is 0 Å². The summed E-state index contributed by atoms with van der Waals surface area (Å²) in [6.07, 6.45) is 0.893. The summed E-state index contributed by atoms with van der Waals surface area (Å²) >= 11 is 0. The van der Waals surface area contributed by atoms with Gasteiger partial charge < -0.3 is 14.2 Å². The molecule has 0 unspecified atom stereocenters. The largest absolute Gasteiger partial charge is 0.484 e. The van der Waals surface area contributed by atoms with Gasteiger partial charge in [-0.3, -0.25) is 9.59 Å². The summed E-state index contributed by atoms with van der Waals surface area (Å²) < 4.78 is 11.5. The molecule has 2 aromatic carbocycles. The molecule has 0 radical (unpaired) electrons. The third-order valence-electron chi connectivity index (χ3n) is 5.39. The molecule has 0 aliphatic carbocycles. The highest BCUT2D eigenvalue weighted by atomic mass is 16.5. The number of ether oxygens (including phenoxy) is 1. The average molecular weight is 374 g/mol. The van der Waals surface area contributed by atoms with Gasteiger partial charge in [-0.1, -0.05) is 47.6 Å². The molecule has 1 atom stereocenters. The number of ketones is 1. The lowest BCUT2D eigenvalue weighted by molar-refractivity contribution is 0.0426. The van der Waals surface area contributed by atoms with Gasteiger partial charge in [0.25, 0.3) is 5.91 Å². The minimum Gasteiger partial charge on any atom is -0.484 e.